The average Bonchev–Trinajstić information content (AvgIpc) is 2.94. The Bertz CT molecular complexity index is 1170. The first-order chi connectivity index (χ1) is 15.0. The van der Waals surface area contributed by atoms with E-state index in [2.05, 4.69) is 25.2 Å². The number of hydrogen-bond acceptors (Lipinski definition) is 4. The first-order valence-electron chi connectivity index (χ1n) is 9.98. The van der Waals surface area contributed by atoms with E-state index in [9.17, 15) is 9.18 Å². The van der Waals surface area contributed by atoms with Gasteiger partial charge in [-0.1, -0.05) is 30.3 Å². The zero-order chi connectivity index (χ0) is 21.8. The summed E-state index contributed by atoms with van der Waals surface area (Å²) >= 11 is 1.40. The maximum atomic E-state index is 13.1. The lowest BCUT2D eigenvalue weighted by molar-refractivity contribution is -0.113. The van der Waals surface area contributed by atoms with E-state index in [0.29, 0.717) is 12.1 Å². The molecule has 0 radical (unpaired) electrons. The summed E-state index contributed by atoms with van der Waals surface area (Å²) in [5, 5.41) is 3.62. The number of aryl methyl sites for hydroxylation is 2. The summed E-state index contributed by atoms with van der Waals surface area (Å²) < 4.78 is 13.1. The summed E-state index contributed by atoms with van der Waals surface area (Å²) in [5.41, 5.74) is 6.51. The third kappa shape index (κ3) is 5.27. The molecule has 0 saturated heterocycles. The van der Waals surface area contributed by atoms with Crippen molar-refractivity contribution in [3.63, 3.8) is 0 Å². The quantitative estimate of drug-likeness (QED) is 0.522. The predicted octanol–water partition coefficient (Wildman–Crippen LogP) is 6.37. The van der Waals surface area contributed by atoms with E-state index in [1.54, 1.807) is 12.1 Å². The lowest BCUT2D eigenvalue weighted by Crippen LogP contribution is -2.16. The van der Waals surface area contributed by atoms with Gasteiger partial charge >= 0.3 is 0 Å². The van der Waals surface area contributed by atoms with Crippen molar-refractivity contribution in [1.29, 1.82) is 0 Å². The Morgan fingerprint density at radius 2 is 1.61 bits per heavy atom. The van der Waals surface area contributed by atoms with E-state index < -0.39 is 0 Å². The molecule has 0 aliphatic carbocycles. The lowest BCUT2D eigenvalue weighted by Gasteiger charge is -2.08. The van der Waals surface area contributed by atoms with Gasteiger partial charge in [-0.2, -0.15) is 0 Å². The number of thioether (sulfide) groups is 1. The molecule has 0 bridgehead atoms. The third-order valence-corrected chi connectivity index (χ3v) is 5.99. The molecule has 1 aliphatic heterocycles. The minimum Gasteiger partial charge on any atom is -0.325 e. The summed E-state index contributed by atoms with van der Waals surface area (Å²) in [5.74, 6) is -0.294. The van der Waals surface area contributed by atoms with Crippen LogP contribution in [0.5, 0.6) is 0 Å². The molecule has 0 atom stereocenters. The highest BCUT2D eigenvalue weighted by Gasteiger charge is 2.17. The summed E-state index contributed by atoms with van der Waals surface area (Å²) in [7, 11) is 0. The zero-order valence-electron chi connectivity index (χ0n) is 17.4. The second-order valence-corrected chi connectivity index (χ2v) is 8.42. The van der Waals surface area contributed by atoms with Crippen molar-refractivity contribution in [2.45, 2.75) is 20.3 Å². The van der Waals surface area contributed by atoms with Gasteiger partial charge in [0, 0.05) is 12.1 Å². The summed E-state index contributed by atoms with van der Waals surface area (Å²) in [6.07, 6.45) is 0.547. The van der Waals surface area contributed by atoms with Gasteiger partial charge in [0.25, 0.3) is 0 Å². The SMILES string of the molecule is Cc1cc2c(cc1C)N=C(c1ccccc1)CC(SCC(=O)Nc1ccc(F)cc1)=N2. The number of amides is 1. The van der Waals surface area contributed by atoms with Gasteiger partial charge in [0.1, 0.15) is 5.82 Å². The van der Waals surface area contributed by atoms with Gasteiger partial charge in [-0.25, -0.2) is 9.38 Å². The van der Waals surface area contributed by atoms with Crippen LogP contribution in [0.2, 0.25) is 0 Å². The van der Waals surface area contributed by atoms with Crippen LogP contribution in [-0.4, -0.2) is 22.4 Å². The Labute approximate surface area is 185 Å². The van der Waals surface area contributed by atoms with Crippen molar-refractivity contribution in [2.24, 2.45) is 9.98 Å². The molecular formula is C25H22FN3OS. The van der Waals surface area contributed by atoms with E-state index in [1.165, 1.54) is 29.5 Å². The van der Waals surface area contributed by atoms with Crippen LogP contribution >= 0.6 is 11.8 Å². The second kappa shape index (κ2) is 9.27. The number of halogens is 1. The Hall–Kier alpha value is -3.25. The minimum atomic E-state index is -0.336. The smallest absolute Gasteiger partial charge is 0.234 e. The Balaban J connectivity index is 1.56. The van der Waals surface area contributed by atoms with Crippen molar-refractivity contribution < 1.29 is 9.18 Å². The number of aliphatic imine (C=N–C) groups is 2. The average molecular weight is 432 g/mol. The van der Waals surface area contributed by atoms with Gasteiger partial charge in [0.05, 0.1) is 27.9 Å². The van der Waals surface area contributed by atoms with Gasteiger partial charge in [0.2, 0.25) is 5.91 Å². The zero-order valence-corrected chi connectivity index (χ0v) is 18.2. The van der Waals surface area contributed by atoms with Crippen LogP contribution in [0, 0.1) is 19.7 Å². The molecule has 0 saturated carbocycles. The molecule has 4 rings (SSSR count). The van der Waals surface area contributed by atoms with Crippen LogP contribution in [0.3, 0.4) is 0 Å². The molecular weight excluding hydrogens is 409 g/mol. The fraction of sp³-hybridized carbons (Fsp3) is 0.160. The molecule has 0 aromatic heterocycles. The third-order valence-electron chi connectivity index (χ3n) is 5.01. The molecule has 3 aromatic rings. The van der Waals surface area contributed by atoms with E-state index in [1.807, 2.05) is 36.4 Å². The normalized spacial score (nSPS) is 13.0. The van der Waals surface area contributed by atoms with Crippen molar-refractivity contribution in [1.82, 2.24) is 0 Å². The molecule has 1 heterocycles. The molecule has 1 N–H and O–H groups in total. The van der Waals surface area contributed by atoms with Crippen LogP contribution < -0.4 is 5.32 Å². The topological polar surface area (TPSA) is 53.8 Å². The van der Waals surface area contributed by atoms with Gasteiger partial charge < -0.3 is 5.32 Å². The van der Waals surface area contributed by atoms with E-state index >= 15 is 0 Å². The van der Waals surface area contributed by atoms with Gasteiger partial charge in [-0.3, -0.25) is 9.79 Å². The second-order valence-electron chi connectivity index (χ2n) is 7.38. The van der Waals surface area contributed by atoms with Gasteiger partial charge in [-0.05, 0) is 66.9 Å². The fourth-order valence-electron chi connectivity index (χ4n) is 3.23. The monoisotopic (exact) mass is 431 g/mol. The highest BCUT2D eigenvalue weighted by molar-refractivity contribution is 8.14. The number of carbonyl (C=O) groups is 1. The molecule has 4 nitrogen and oxygen atoms in total. The van der Waals surface area contributed by atoms with Crippen molar-refractivity contribution >= 4 is 45.5 Å². The largest absolute Gasteiger partial charge is 0.325 e. The van der Waals surface area contributed by atoms with Crippen LogP contribution in [0.15, 0.2) is 76.7 Å². The maximum absolute atomic E-state index is 13.1. The van der Waals surface area contributed by atoms with Crippen LogP contribution in [-0.2, 0) is 4.79 Å². The molecule has 3 aromatic carbocycles. The number of nitrogens with zero attached hydrogens (tertiary/aromatic N) is 2. The molecule has 1 amide bonds. The Morgan fingerprint density at radius 3 is 2.29 bits per heavy atom. The van der Waals surface area contributed by atoms with E-state index in [-0.39, 0.29) is 17.5 Å². The molecule has 156 valence electrons. The molecule has 0 unspecified atom stereocenters. The predicted molar refractivity (Wildman–Crippen MR) is 128 cm³/mol. The number of fused-ring (bicyclic) bond motifs is 1. The molecule has 31 heavy (non-hydrogen) atoms. The van der Waals surface area contributed by atoms with Gasteiger partial charge in [-0.15, -0.1) is 11.8 Å². The summed E-state index contributed by atoms with van der Waals surface area (Å²) in [6.45, 7) is 4.12. The van der Waals surface area contributed by atoms with Crippen LogP contribution in [0.25, 0.3) is 0 Å². The van der Waals surface area contributed by atoms with Crippen molar-refractivity contribution in [3.05, 3.63) is 89.2 Å². The van der Waals surface area contributed by atoms with Crippen LogP contribution in [0.4, 0.5) is 21.5 Å². The Morgan fingerprint density at radius 1 is 0.968 bits per heavy atom. The van der Waals surface area contributed by atoms with Gasteiger partial charge in [0.15, 0.2) is 0 Å². The van der Waals surface area contributed by atoms with E-state index in [4.69, 9.17) is 9.98 Å². The number of anilines is 1. The van der Waals surface area contributed by atoms with Crippen LogP contribution in [0.1, 0.15) is 23.1 Å². The first-order valence-corrected chi connectivity index (χ1v) is 11.0. The van der Waals surface area contributed by atoms with Crippen molar-refractivity contribution in [2.75, 3.05) is 11.1 Å². The molecule has 6 heteroatoms. The molecule has 0 fully saturated rings. The maximum Gasteiger partial charge on any atom is 0.234 e. The fourth-order valence-corrected chi connectivity index (χ4v) is 4.00. The standard InChI is InChI=1S/C25H22FN3OS/c1-16-12-22-23(13-17(16)2)29-25(14-21(28-22)18-6-4-3-5-7-18)31-15-24(30)27-20-10-8-19(26)9-11-20/h3-13H,14-15H2,1-2H3,(H,27,30). The first kappa shape index (κ1) is 21.0. The minimum absolute atomic E-state index is 0.165. The number of benzene rings is 3. The number of hydrogen-bond donors (Lipinski definition) is 1. The lowest BCUT2D eigenvalue weighted by atomic mass is 10.1. The van der Waals surface area contributed by atoms with E-state index in [0.717, 1.165) is 33.3 Å². The molecule has 0 spiro atoms. The molecule has 1 aliphatic rings. The van der Waals surface area contributed by atoms with Crippen molar-refractivity contribution in [3.8, 4) is 0 Å². The summed E-state index contributed by atoms with van der Waals surface area (Å²) in [4.78, 5) is 22.2. The highest BCUT2D eigenvalue weighted by atomic mass is 32.2. The number of carbonyl (C=O) groups excluding carboxylic acids is 1. The Kier molecular flexibility index (Phi) is 6.28. The number of rotatable bonds is 4. The number of nitrogens with one attached hydrogen (secondary N) is 1. The summed E-state index contributed by atoms with van der Waals surface area (Å²) in [6, 6.07) is 19.9. The highest BCUT2D eigenvalue weighted by Crippen LogP contribution is 2.36.